The Morgan fingerprint density at radius 2 is 1.95 bits per heavy atom. The Hall–Kier alpha value is -2.30. The van der Waals surface area contributed by atoms with Gasteiger partial charge in [-0.2, -0.15) is 10.2 Å². The molecule has 3 rings (SSSR count). The Labute approximate surface area is 130 Å². The van der Waals surface area contributed by atoms with E-state index in [0.717, 1.165) is 23.4 Å². The molecule has 0 aliphatic carbocycles. The van der Waals surface area contributed by atoms with Crippen LogP contribution in [0.2, 0.25) is 0 Å². The van der Waals surface area contributed by atoms with Gasteiger partial charge in [0.15, 0.2) is 5.65 Å². The third kappa shape index (κ3) is 2.84. The zero-order valence-corrected chi connectivity index (χ0v) is 13.5. The Morgan fingerprint density at radius 3 is 2.64 bits per heavy atom. The molecular weight excluding hydrogens is 274 g/mol. The standard InChI is InChI=1S/C17H21N5/c1-12(13-5-7-19-20-9-13)11-22-8-6-14-16(22)18-10-15(21-14)17(2,3)4/h5-10,12H,11H2,1-4H3. The summed E-state index contributed by atoms with van der Waals surface area (Å²) < 4.78 is 2.15. The molecule has 0 saturated carbocycles. The molecule has 5 nitrogen and oxygen atoms in total. The molecule has 5 heteroatoms. The summed E-state index contributed by atoms with van der Waals surface area (Å²) in [4.78, 5) is 9.37. The molecule has 0 amide bonds. The molecule has 0 radical (unpaired) electrons. The van der Waals surface area contributed by atoms with Crippen molar-refractivity contribution in [3.05, 3.63) is 48.2 Å². The van der Waals surface area contributed by atoms with Crippen LogP contribution in [-0.2, 0) is 12.0 Å². The summed E-state index contributed by atoms with van der Waals surface area (Å²) in [6, 6.07) is 4.04. The highest BCUT2D eigenvalue weighted by Crippen LogP contribution is 2.23. The van der Waals surface area contributed by atoms with E-state index in [0.29, 0.717) is 5.92 Å². The summed E-state index contributed by atoms with van der Waals surface area (Å²) in [5, 5.41) is 7.78. The van der Waals surface area contributed by atoms with E-state index in [1.54, 1.807) is 6.20 Å². The van der Waals surface area contributed by atoms with Gasteiger partial charge in [-0.15, -0.1) is 0 Å². The Kier molecular flexibility index (Phi) is 3.64. The molecule has 1 unspecified atom stereocenters. The first-order valence-electron chi connectivity index (χ1n) is 7.54. The fourth-order valence-electron chi connectivity index (χ4n) is 2.46. The molecule has 3 heterocycles. The summed E-state index contributed by atoms with van der Waals surface area (Å²) in [5.74, 6) is 0.343. The van der Waals surface area contributed by atoms with Gasteiger partial charge >= 0.3 is 0 Å². The van der Waals surface area contributed by atoms with Crippen molar-refractivity contribution in [3.63, 3.8) is 0 Å². The lowest BCUT2D eigenvalue weighted by molar-refractivity contribution is 0.567. The minimum Gasteiger partial charge on any atom is -0.331 e. The van der Waals surface area contributed by atoms with Gasteiger partial charge in [0.05, 0.1) is 18.1 Å². The van der Waals surface area contributed by atoms with E-state index < -0.39 is 0 Å². The molecule has 0 fully saturated rings. The van der Waals surface area contributed by atoms with Crippen molar-refractivity contribution in [1.29, 1.82) is 0 Å². The smallest absolute Gasteiger partial charge is 0.158 e. The van der Waals surface area contributed by atoms with Crippen molar-refractivity contribution in [1.82, 2.24) is 24.7 Å². The first-order chi connectivity index (χ1) is 10.4. The fraction of sp³-hybridized carbons (Fsp3) is 0.412. The van der Waals surface area contributed by atoms with Crippen molar-refractivity contribution in [2.24, 2.45) is 0 Å². The number of fused-ring (bicyclic) bond motifs is 1. The van der Waals surface area contributed by atoms with Crippen LogP contribution in [0.4, 0.5) is 0 Å². The van der Waals surface area contributed by atoms with E-state index in [4.69, 9.17) is 4.98 Å². The summed E-state index contributed by atoms with van der Waals surface area (Å²) in [6.07, 6.45) is 7.49. The van der Waals surface area contributed by atoms with Crippen molar-refractivity contribution in [2.75, 3.05) is 0 Å². The molecule has 0 aliphatic rings. The van der Waals surface area contributed by atoms with Gasteiger partial charge in [0.1, 0.15) is 5.52 Å². The van der Waals surface area contributed by atoms with Crippen molar-refractivity contribution in [3.8, 4) is 0 Å². The Balaban J connectivity index is 1.89. The highest BCUT2D eigenvalue weighted by atomic mass is 15.1. The molecule has 0 saturated heterocycles. The van der Waals surface area contributed by atoms with Crippen LogP contribution in [0.15, 0.2) is 36.9 Å². The second-order valence-electron chi connectivity index (χ2n) is 6.76. The maximum absolute atomic E-state index is 4.74. The van der Waals surface area contributed by atoms with Gasteiger partial charge in [0.25, 0.3) is 0 Å². The van der Waals surface area contributed by atoms with E-state index in [9.17, 15) is 0 Å². The SMILES string of the molecule is CC(Cn1ccc2nc(C(C)(C)C)cnc21)c1ccnnc1. The molecule has 114 valence electrons. The van der Waals surface area contributed by atoms with Crippen LogP contribution in [0, 0.1) is 0 Å². The van der Waals surface area contributed by atoms with Crippen LogP contribution in [0.3, 0.4) is 0 Å². The van der Waals surface area contributed by atoms with Crippen LogP contribution in [0.5, 0.6) is 0 Å². The van der Waals surface area contributed by atoms with Gasteiger partial charge in [0, 0.05) is 30.3 Å². The van der Waals surface area contributed by atoms with Crippen LogP contribution in [0.1, 0.15) is 44.9 Å². The number of rotatable bonds is 3. The van der Waals surface area contributed by atoms with Crippen LogP contribution >= 0.6 is 0 Å². The lowest BCUT2D eigenvalue weighted by atomic mass is 9.93. The minimum atomic E-state index is 0.0132. The largest absolute Gasteiger partial charge is 0.331 e. The van der Waals surface area contributed by atoms with E-state index in [1.165, 1.54) is 5.56 Å². The van der Waals surface area contributed by atoms with E-state index in [2.05, 4.69) is 53.6 Å². The van der Waals surface area contributed by atoms with E-state index in [-0.39, 0.29) is 5.41 Å². The topological polar surface area (TPSA) is 56.5 Å². The average molecular weight is 295 g/mol. The average Bonchev–Trinajstić information content (AvgIpc) is 2.89. The molecule has 22 heavy (non-hydrogen) atoms. The monoisotopic (exact) mass is 295 g/mol. The van der Waals surface area contributed by atoms with Gasteiger partial charge in [0.2, 0.25) is 0 Å². The molecule has 0 aliphatic heterocycles. The van der Waals surface area contributed by atoms with E-state index in [1.807, 2.05) is 24.5 Å². The van der Waals surface area contributed by atoms with Crippen molar-refractivity contribution in [2.45, 2.75) is 45.6 Å². The number of aromatic nitrogens is 5. The van der Waals surface area contributed by atoms with Gasteiger partial charge in [-0.3, -0.25) is 0 Å². The molecule has 0 bridgehead atoms. The molecular formula is C17H21N5. The Morgan fingerprint density at radius 1 is 1.14 bits per heavy atom. The predicted octanol–water partition coefficient (Wildman–Crippen LogP) is 3.32. The number of nitrogens with zero attached hydrogens (tertiary/aromatic N) is 5. The first-order valence-corrected chi connectivity index (χ1v) is 7.54. The molecule has 3 aromatic heterocycles. The van der Waals surface area contributed by atoms with Crippen molar-refractivity contribution < 1.29 is 0 Å². The second kappa shape index (κ2) is 5.48. The zero-order chi connectivity index (χ0) is 15.7. The summed E-state index contributed by atoms with van der Waals surface area (Å²) in [5.41, 5.74) is 4.09. The van der Waals surface area contributed by atoms with Crippen molar-refractivity contribution >= 4 is 11.2 Å². The molecule has 3 aromatic rings. The minimum absolute atomic E-state index is 0.0132. The van der Waals surface area contributed by atoms with Crippen LogP contribution in [0.25, 0.3) is 11.2 Å². The number of hydrogen-bond donors (Lipinski definition) is 0. The maximum Gasteiger partial charge on any atom is 0.158 e. The highest BCUT2D eigenvalue weighted by Gasteiger charge is 2.17. The summed E-state index contributed by atoms with van der Waals surface area (Å²) in [7, 11) is 0. The summed E-state index contributed by atoms with van der Waals surface area (Å²) in [6.45, 7) is 9.48. The van der Waals surface area contributed by atoms with E-state index >= 15 is 0 Å². The van der Waals surface area contributed by atoms with Crippen LogP contribution in [-0.4, -0.2) is 24.7 Å². The third-order valence-corrected chi connectivity index (χ3v) is 3.88. The molecule has 0 aromatic carbocycles. The maximum atomic E-state index is 4.74. The van der Waals surface area contributed by atoms with Gasteiger partial charge in [-0.05, 0) is 17.7 Å². The first kappa shape index (κ1) is 14.6. The fourth-order valence-corrected chi connectivity index (χ4v) is 2.46. The predicted molar refractivity (Wildman–Crippen MR) is 86.7 cm³/mol. The molecule has 1 atom stereocenters. The molecule has 0 spiro atoms. The highest BCUT2D eigenvalue weighted by molar-refractivity contribution is 5.71. The van der Waals surface area contributed by atoms with Crippen LogP contribution < -0.4 is 0 Å². The second-order valence-corrected chi connectivity index (χ2v) is 6.76. The van der Waals surface area contributed by atoms with Gasteiger partial charge < -0.3 is 4.57 Å². The Bertz CT molecular complexity index is 771. The zero-order valence-electron chi connectivity index (χ0n) is 13.5. The van der Waals surface area contributed by atoms with Gasteiger partial charge in [-0.25, -0.2) is 9.97 Å². The third-order valence-electron chi connectivity index (χ3n) is 3.88. The quantitative estimate of drug-likeness (QED) is 0.743. The lowest BCUT2D eigenvalue weighted by Crippen LogP contribution is -2.14. The summed E-state index contributed by atoms with van der Waals surface area (Å²) >= 11 is 0. The van der Waals surface area contributed by atoms with Gasteiger partial charge in [-0.1, -0.05) is 27.7 Å². The lowest BCUT2D eigenvalue weighted by Gasteiger charge is -2.17. The number of hydrogen-bond acceptors (Lipinski definition) is 4. The normalized spacial score (nSPS) is 13.5. The molecule has 0 N–H and O–H groups in total.